The number of hydrogen-bond acceptors (Lipinski definition) is 0. The maximum atomic E-state index is 5.93. The molecule has 0 aromatic heterocycles. The molecule has 0 spiro atoms. The summed E-state index contributed by atoms with van der Waals surface area (Å²) in [7, 11) is 0. The van der Waals surface area contributed by atoms with Crippen LogP contribution in [-0.4, -0.2) is 0 Å². The summed E-state index contributed by atoms with van der Waals surface area (Å²) in [5, 5.41) is 1.42. The van der Waals surface area contributed by atoms with Gasteiger partial charge in [0.1, 0.15) is 0 Å². The van der Waals surface area contributed by atoms with Crippen molar-refractivity contribution in [3.63, 3.8) is 0 Å². The monoisotopic (exact) mass is 229 g/mol. The Morgan fingerprint density at radius 2 is 1.71 bits per heavy atom. The highest BCUT2D eigenvalue weighted by Crippen LogP contribution is 2.26. The fraction of sp³-hybridized carbons (Fsp3) is 0.417. The molecule has 0 aliphatic carbocycles. The van der Waals surface area contributed by atoms with Crippen LogP contribution in [-0.2, 0) is 0 Å². The smallest absolute Gasteiger partial charge is 0.0423 e. The SMILES string of the molecule is CCCC[C](C)c1cc(Cl)cc(Cl)c1. The summed E-state index contributed by atoms with van der Waals surface area (Å²) in [6, 6.07) is 5.70. The zero-order valence-electron chi connectivity index (χ0n) is 8.61. The van der Waals surface area contributed by atoms with E-state index in [1.165, 1.54) is 18.8 Å². The molecular weight excluding hydrogens is 215 g/mol. The summed E-state index contributed by atoms with van der Waals surface area (Å²) in [5.74, 6) is 1.36. The molecule has 77 valence electrons. The van der Waals surface area contributed by atoms with Crippen LogP contribution in [0.25, 0.3) is 0 Å². The fourth-order valence-electron chi connectivity index (χ4n) is 1.39. The minimum absolute atomic E-state index is 0.711. The number of halogens is 2. The molecule has 0 fully saturated rings. The van der Waals surface area contributed by atoms with Crippen LogP contribution in [0.5, 0.6) is 0 Å². The summed E-state index contributed by atoms with van der Waals surface area (Å²) in [6.07, 6.45) is 3.55. The Hall–Kier alpha value is -0.200. The van der Waals surface area contributed by atoms with Crippen LogP contribution in [0.2, 0.25) is 10.0 Å². The van der Waals surface area contributed by atoms with E-state index in [4.69, 9.17) is 23.2 Å². The molecule has 0 N–H and O–H groups in total. The highest BCUT2D eigenvalue weighted by Gasteiger charge is 2.07. The maximum absolute atomic E-state index is 5.93. The lowest BCUT2D eigenvalue weighted by Gasteiger charge is -2.11. The first-order valence-electron chi connectivity index (χ1n) is 4.92. The molecule has 0 aliphatic heterocycles. The summed E-state index contributed by atoms with van der Waals surface area (Å²) in [6.45, 7) is 4.33. The second-order valence-electron chi connectivity index (χ2n) is 3.54. The Balaban J connectivity index is 2.73. The molecular formula is C12H15Cl2. The van der Waals surface area contributed by atoms with Gasteiger partial charge in [0.25, 0.3) is 0 Å². The summed E-state index contributed by atoms with van der Waals surface area (Å²) >= 11 is 11.9. The van der Waals surface area contributed by atoms with E-state index in [2.05, 4.69) is 13.8 Å². The van der Waals surface area contributed by atoms with E-state index in [1.54, 1.807) is 6.07 Å². The first-order valence-corrected chi connectivity index (χ1v) is 5.68. The van der Waals surface area contributed by atoms with Gasteiger partial charge in [-0.05, 0) is 30.2 Å². The first kappa shape index (κ1) is 11.9. The lowest BCUT2D eigenvalue weighted by atomic mass is 9.96. The molecule has 1 aromatic carbocycles. The predicted octanol–water partition coefficient (Wildman–Crippen LogP) is 5.13. The summed E-state index contributed by atoms with van der Waals surface area (Å²) in [5.41, 5.74) is 1.16. The second-order valence-corrected chi connectivity index (χ2v) is 4.41. The molecule has 2 heteroatoms. The summed E-state index contributed by atoms with van der Waals surface area (Å²) in [4.78, 5) is 0. The van der Waals surface area contributed by atoms with Gasteiger partial charge in [-0.3, -0.25) is 0 Å². The lowest BCUT2D eigenvalue weighted by molar-refractivity contribution is 0.743. The Morgan fingerprint density at radius 1 is 1.14 bits per heavy atom. The van der Waals surface area contributed by atoms with Gasteiger partial charge in [-0.15, -0.1) is 0 Å². The second kappa shape index (κ2) is 5.63. The number of rotatable bonds is 4. The molecule has 1 aromatic rings. The largest absolute Gasteiger partial charge is 0.0843 e. The van der Waals surface area contributed by atoms with Gasteiger partial charge in [0.15, 0.2) is 0 Å². The van der Waals surface area contributed by atoms with E-state index in [0.29, 0.717) is 10.0 Å². The van der Waals surface area contributed by atoms with E-state index in [9.17, 15) is 0 Å². The van der Waals surface area contributed by atoms with Gasteiger partial charge in [-0.25, -0.2) is 0 Å². The van der Waals surface area contributed by atoms with E-state index in [-0.39, 0.29) is 0 Å². The van der Waals surface area contributed by atoms with E-state index < -0.39 is 0 Å². The normalized spacial score (nSPS) is 10.9. The van der Waals surface area contributed by atoms with E-state index >= 15 is 0 Å². The standard InChI is InChI=1S/C12H15Cl2/c1-3-4-5-9(2)10-6-11(13)8-12(14)7-10/h6-8H,3-5H2,1-2H3. The highest BCUT2D eigenvalue weighted by molar-refractivity contribution is 6.34. The number of unbranched alkanes of at least 4 members (excludes halogenated alkanes) is 1. The lowest BCUT2D eigenvalue weighted by Crippen LogP contribution is -1.94. The Kier molecular flexibility index (Phi) is 4.77. The third-order valence-electron chi connectivity index (χ3n) is 2.26. The Morgan fingerprint density at radius 3 is 2.21 bits per heavy atom. The van der Waals surface area contributed by atoms with Crippen molar-refractivity contribution >= 4 is 23.2 Å². The van der Waals surface area contributed by atoms with Crippen LogP contribution in [0.4, 0.5) is 0 Å². The maximum Gasteiger partial charge on any atom is 0.0423 e. The minimum Gasteiger partial charge on any atom is -0.0843 e. The van der Waals surface area contributed by atoms with Crippen molar-refractivity contribution in [1.29, 1.82) is 0 Å². The van der Waals surface area contributed by atoms with Crippen LogP contribution >= 0.6 is 23.2 Å². The molecule has 0 saturated carbocycles. The zero-order chi connectivity index (χ0) is 10.6. The highest BCUT2D eigenvalue weighted by atomic mass is 35.5. The van der Waals surface area contributed by atoms with Crippen molar-refractivity contribution in [2.45, 2.75) is 33.1 Å². The number of hydrogen-bond donors (Lipinski definition) is 0. The van der Waals surface area contributed by atoms with Crippen LogP contribution < -0.4 is 0 Å². The predicted molar refractivity (Wildman–Crippen MR) is 64.0 cm³/mol. The van der Waals surface area contributed by atoms with Crippen molar-refractivity contribution in [2.24, 2.45) is 0 Å². The molecule has 0 atom stereocenters. The van der Waals surface area contributed by atoms with Gasteiger partial charge < -0.3 is 0 Å². The topological polar surface area (TPSA) is 0 Å². The average molecular weight is 230 g/mol. The van der Waals surface area contributed by atoms with Crippen molar-refractivity contribution in [3.8, 4) is 0 Å². The molecule has 0 amide bonds. The van der Waals surface area contributed by atoms with E-state index in [1.807, 2.05) is 12.1 Å². The molecule has 0 bridgehead atoms. The third-order valence-corrected chi connectivity index (χ3v) is 2.70. The molecule has 0 saturated heterocycles. The minimum atomic E-state index is 0.711. The molecule has 1 rings (SSSR count). The number of benzene rings is 1. The van der Waals surface area contributed by atoms with Crippen molar-refractivity contribution in [3.05, 3.63) is 39.7 Å². The molecule has 0 aliphatic rings. The molecule has 1 radical (unpaired) electrons. The zero-order valence-corrected chi connectivity index (χ0v) is 10.1. The van der Waals surface area contributed by atoms with Crippen LogP contribution in [0.1, 0.15) is 38.7 Å². The molecule has 0 heterocycles. The quantitative estimate of drug-likeness (QED) is 0.672. The van der Waals surface area contributed by atoms with Crippen LogP contribution in [0.3, 0.4) is 0 Å². The fourth-order valence-corrected chi connectivity index (χ4v) is 1.91. The molecule has 0 nitrogen and oxygen atoms in total. The Bertz CT molecular complexity index is 274. The van der Waals surface area contributed by atoms with Crippen molar-refractivity contribution in [2.75, 3.05) is 0 Å². The van der Waals surface area contributed by atoms with Gasteiger partial charge in [0, 0.05) is 16.0 Å². The van der Waals surface area contributed by atoms with Crippen LogP contribution in [0.15, 0.2) is 18.2 Å². The summed E-state index contributed by atoms with van der Waals surface area (Å²) < 4.78 is 0. The van der Waals surface area contributed by atoms with Crippen LogP contribution in [0, 0.1) is 5.92 Å². The van der Waals surface area contributed by atoms with Gasteiger partial charge in [0.05, 0.1) is 0 Å². The molecule has 14 heavy (non-hydrogen) atoms. The molecule has 0 unspecified atom stereocenters. The van der Waals surface area contributed by atoms with Gasteiger partial charge in [0.2, 0.25) is 0 Å². The van der Waals surface area contributed by atoms with Crippen molar-refractivity contribution in [1.82, 2.24) is 0 Å². The Labute approximate surface area is 96.2 Å². The third kappa shape index (κ3) is 3.51. The van der Waals surface area contributed by atoms with Gasteiger partial charge >= 0.3 is 0 Å². The first-order chi connectivity index (χ1) is 6.63. The van der Waals surface area contributed by atoms with Gasteiger partial charge in [-0.2, -0.15) is 0 Å². The average Bonchev–Trinajstić information content (AvgIpc) is 2.12. The van der Waals surface area contributed by atoms with Crippen molar-refractivity contribution < 1.29 is 0 Å². The van der Waals surface area contributed by atoms with E-state index in [0.717, 1.165) is 12.0 Å². The van der Waals surface area contributed by atoms with Gasteiger partial charge in [-0.1, -0.05) is 49.9 Å².